The van der Waals surface area contributed by atoms with E-state index < -0.39 is 0 Å². The Morgan fingerprint density at radius 3 is 1.70 bits per heavy atom. The number of alkyl halides is 1. The van der Waals surface area contributed by atoms with Crippen molar-refractivity contribution in [1.82, 2.24) is 6.15 Å². The van der Waals surface area contributed by atoms with Gasteiger partial charge < -0.3 is 6.15 Å². The van der Waals surface area contributed by atoms with E-state index in [0.29, 0.717) is 6.42 Å². The van der Waals surface area contributed by atoms with Crippen LogP contribution in [0.5, 0.6) is 0 Å². The molecule has 0 radical (unpaired) electrons. The molecule has 1 atom stereocenters. The first-order chi connectivity index (χ1) is 12.7. The summed E-state index contributed by atoms with van der Waals surface area (Å²) in [6.45, 7) is 2.28. The van der Waals surface area contributed by atoms with E-state index in [1.807, 2.05) is 30.3 Å². The van der Waals surface area contributed by atoms with Crippen molar-refractivity contribution in [3.05, 3.63) is 35.9 Å². The molecular formula is C24H42ClNO. The Balaban J connectivity index is 0.00000676. The van der Waals surface area contributed by atoms with Crippen LogP contribution in [0.15, 0.2) is 30.3 Å². The maximum Gasteiger partial charge on any atom is 0.164 e. The number of rotatable bonds is 17. The number of carbonyl (C=O) groups is 1. The van der Waals surface area contributed by atoms with E-state index in [9.17, 15) is 4.79 Å². The van der Waals surface area contributed by atoms with Crippen LogP contribution >= 0.6 is 11.6 Å². The SMILES string of the molecule is CCCCCCCCCCCCCCCC(Cl)CC(=O)c1ccccc1.N. The molecule has 1 aromatic carbocycles. The highest BCUT2D eigenvalue weighted by molar-refractivity contribution is 6.22. The second-order valence-corrected chi connectivity index (χ2v) is 8.24. The molecule has 0 spiro atoms. The molecule has 0 bridgehead atoms. The van der Waals surface area contributed by atoms with Gasteiger partial charge in [-0.25, -0.2) is 0 Å². The van der Waals surface area contributed by atoms with Gasteiger partial charge in [0, 0.05) is 17.4 Å². The van der Waals surface area contributed by atoms with Crippen LogP contribution in [0.1, 0.15) is 114 Å². The first-order valence-corrected chi connectivity index (χ1v) is 11.4. The molecule has 0 saturated carbocycles. The summed E-state index contributed by atoms with van der Waals surface area (Å²) >= 11 is 6.35. The van der Waals surface area contributed by atoms with Gasteiger partial charge in [0.25, 0.3) is 0 Å². The van der Waals surface area contributed by atoms with Crippen LogP contribution in [0.3, 0.4) is 0 Å². The topological polar surface area (TPSA) is 52.1 Å². The largest absolute Gasteiger partial charge is 0.344 e. The van der Waals surface area contributed by atoms with Gasteiger partial charge in [-0.15, -0.1) is 11.6 Å². The molecule has 3 heteroatoms. The molecule has 27 heavy (non-hydrogen) atoms. The predicted molar refractivity (Wildman–Crippen MR) is 120 cm³/mol. The van der Waals surface area contributed by atoms with Crippen LogP contribution in [-0.2, 0) is 0 Å². The average Bonchev–Trinajstić information content (AvgIpc) is 2.66. The summed E-state index contributed by atoms with van der Waals surface area (Å²) in [5.74, 6) is 0.167. The van der Waals surface area contributed by atoms with Crippen molar-refractivity contribution in [3.63, 3.8) is 0 Å². The quantitative estimate of drug-likeness (QED) is 0.163. The molecule has 0 aliphatic heterocycles. The van der Waals surface area contributed by atoms with Crippen molar-refractivity contribution in [1.29, 1.82) is 0 Å². The lowest BCUT2D eigenvalue weighted by Gasteiger charge is -2.08. The van der Waals surface area contributed by atoms with Crippen LogP contribution in [-0.4, -0.2) is 11.2 Å². The van der Waals surface area contributed by atoms with Gasteiger partial charge in [0.1, 0.15) is 0 Å². The van der Waals surface area contributed by atoms with Crippen molar-refractivity contribution < 1.29 is 4.79 Å². The average molecular weight is 396 g/mol. The Kier molecular flexibility index (Phi) is 17.9. The van der Waals surface area contributed by atoms with Gasteiger partial charge in [0.15, 0.2) is 5.78 Å². The Labute approximate surface area is 173 Å². The van der Waals surface area contributed by atoms with Crippen molar-refractivity contribution in [2.75, 3.05) is 0 Å². The second-order valence-electron chi connectivity index (χ2n) is 7.62. The summed E-state index contributed by atoms with van der Waals surface area (Å²) in [5.41, 5.74) is 0.781. The lowest BCUT2D eigenvalue weighted by Crippen LogP contribution is -2.08. The molecule has 1 unspecified atom stereocenters. The molecule has 0 fully saturated rings. The number of hydrogen-bond donors (Lipinski definition) is 1. The smallest absolute Gasteiger partial charge is 0.164 e. The minimum absolute atomic E-state index is 0. The highest BCUT2D eigenvalue weighted by Gasteiger charge is 2.12. The first-order valence-electron chi connectivity index (χ1n) is 11.0. The predicted octanol–water partition coefficient (Wildman–Crippen LogP) is 8.51. The number of Topliss-reactive ketones (excluding diaryl/α,β-unsaturated/α-hetero) is 1. The summed E-state index contributed by atoms with van der Waals surface area (Å²) in [6, 6.07) is 9.49. The van der Waals surface area contributed by atoms with Crippen LogP contribution in [0, 0.1) is 0 Å². The number of benzene rings is 1. The maximum absolute atomic E-state index is 12.1. The number of unbranched alkanes of at least 4 members (excludes halogenated alkanes) is 12. The van der Waals surface area contributed by atoms with Crippen molar-refractivity contribution in [2.45, 2.75) is 109 Å². The fourth-order valence-electron chi connectivity index (χ4n) is 3.43. The molecule has 3 N–H and O–H groups in total. The fraction of sp³-hybridized carbons (Fsp3) is 0.708. The molecule has 0 aliphatic rings. The van der Waals surface area contributed by atoms with E-state index in [0.717, 1.165) is 18.4 Å². The van der Waals surface area contributed by atoms with Gasteiger partial charge >= 0.3 is 0 Å². The molecule has 2 nitrogen and oxygen atoms in total. The zero-order valence-electron chi connectivity index (χ0n) is 17.6. The van der Waals surface area contributed by atoms with E-state index in [1.54, 1.807) is 0 Å². The van der Waals surface area contributed by atoms with E-state index >= 15 is 0 Å². The van der Waals surface area contributed by atoms with Crippen LogP contribution in [0.25, 0.3) is 0 Å². The minimum atomic E-state index is -0.0181. The lowest BCUT2D eigenvalue weighted by atomic mass is 10.0. The third kappa shape index (κ3) is 14.8. The third-order valence-electron chi connectivity index (χ3n) is 5.12. The Hall–Kier alpha value is -0.860. The minimum Gasteiger partial charge on any atom is -0.344 e. The van der Waals surface area contributed by atoms with Gasteiger partial charge in [-0.2, -0.15) is 0 Å². The molecule has 156 valence electrons. The lowest BCUT2D eigenvalue weighted by molar-refractivity contribution is 0.0980. The Bertz CT molecular complexity index is 449. The van der Waals surface area contributed by atoms with E-state index in [-0.39, 0.29) is 17.3 Å². The molecule has 1 aromatic rings. The summed E-state index contributed by atoms with van der Waals surface area (Å²) in [5, 5.41) is -0.0181. The van der Waals surface area contributed by atoms with Crippen LogP contribution in [0.4, 0.5) is 0 Å². The first kappa shape index (κ1) is 26.1. The number of halogens is 1. The van der Waals surface area contributed by atoms with Crippen molar-refractivity contribution in [2.24, 2.45) is 0 Å². The van der Waals surface area contributed by atoms with Crippen molar-refractivity contribution >= 4 is 17.4 Å². The van der Waals surface area contributed by atoms with Gasteiger partial charge in [0.05, 0.1) is 0 Å². The van der Waals surface area contributed by atoms with Gasteiger partial charge in [-0.3, -0.25) is 4.79 Å². The molecule has 0 amide bonds. The normalized spacial score (nSPS) is 11.8. The molecule has 0 aromatic heterocycles. The van der Waals surface area contributed by atoms with Gasteiger partial charge in [0.2, 0.25) is 0 Å². The summed E-state index contributed by atoms with van der Waals surface area (Å²) < 4.78 is 0. The zero-order chi connectivity index (χ0) is 18.9. The Morgan fingerprint density at radius 2 is 1.22 bits per heavy atom. The summed E-state index contributed by atoms with van der Waals surface area (Å²) in [7, 11) is 0. The monoisotopic (exact) mass is 395 g/mol. The number of hydrogen-bond acceptors (Lipinski definition) is 2. The molecule has 0 aliphatic carbocycles. The number of carbonyl (C=O) groups excluding carboxylic acids is 1. The molecular weight excluding hydrogens is 354 g/mol. The van der Waals surface area contributed by atoms with Gasteiger partial charge in [-0.1, -0.05) is 121 Å². The van der Waals surface area contributed by atoms with Crippen LogP contribution < -0.4 is 6.15 Å². The second kappa shape index (κ2) is 18.5. The van der Waals surface area contributed by atoms with E-state index in [4.69, 9.17) is 11.6 Å². The Morgan fingerprint density at radius 1 is 0.778 bits per heavy atom. The van der Waals surface area contributed by atoms with E-state index in [2.05, 4.69) is 6.92 Å². The standard InChI is InChI=1S/C24H39ClO.H3N/c1-2-3-4-5-6-7-8-9-10-11-12-13-17-20-23(25)21-24(26)22-18-15-14-16-19-22;/h14-16,18-19,23H,2-13,17,20-21H2,1H3;1H3. The molecule has 0 heterocycles. The van der Waals surface area contributed by atoms with Gasteiger partial charge in [-0.05, 0) is 6.42 Å². The highest BCUT2D eigenvalue weighted by atomic mass is 35.5. The van der Waals surface area contributed by atoms with Crippen molar-refractivity contribution in [3.8, 4) is 0 Å². The fourth-order valence-corrected chi connectivity index (χ4v) is 3.72. The third-order valence-corrected chi connectivity index (χ3v) is 5.50. The molecule has 0 saturated heterocycles. The summed E-state index contributed by atoms with van der Waals surface area (Å²) in [6.07, 6.45) is 19.1. The van der Waals surface area contributed by atoms with E-state index in [1.165, 1.54) is 77.0 Å². The molecule has 1 rings (SSSR count). The number of ketones is 1. The summed E-state index contributed by atoms with van der Waals surface area (Å²) in [4.78, 5) is 12.1. The zero-order valence-corrected chi connectivity index (χ0v) is 18.3. The van der Waals surface area contributed by atoms with Crippen LogP contribution in [0.2, 0.25) is 0 Å². The maximum atomic E-state index is 12.1. The highest BCUT2D eigenvalue weighted by Crippen LogP contribution is 2.17.